The molecule has 0 aliphatic carbocycles. The summed E-state index contributed by atoms with van der Waals surface area (Å²) in [5.41, 5.74) is 8.87. The Bertz CT molecular complexity index is 726. The molecule has 0 aliphatic heterocycles. The van der Waals surface area contributed by atoms with E-state index in [1.54, 1.807) is 17.6 Å². The Morgan fingerprint density at radius 2 is 2.19 bits per heavy atom. The first-order chi connectivity index (χ1) is 9.97. The van der Waals surface area contributed by atoms with Gasteiger partial charge in [0.1, 0.15) is 10.6 Å². The number of ether oxygens (including phenoxy) is 1. The Morgan fingerprint density at radius 1 is 1.43 bits per heavy atom. The minimum atomic E-state index is -3.66. The maximum atomic E-state index is 12.4. The second-order valence-corrected chi connectivity index (χ2v) is 7.05. The van der Waals surface area contributed by atoms with Crippen LogP contribution in [0.2, 0.25) is 0 Å². The predicted molar refractivity (Wildman–Crippen MR) is 81.8 cm³/mol. The Kier molecular flexibility index (Phi) is 4.94. The summed E-state index contributed by atoms with van der Waals surface area (Å²) in [5.74, 6) is 0.284. The summed E-state index contributed by atoms with van der Waals surface area (Å²) in [5, 5.41) is 0. The molecule has 3 N–H and O–H groups in total. The lowest BCUT2D eigenvalue weighted by Gasteiger charge is -2.11. The van der Waals surface area contributed by atoms with Crippen LogP contribution in [0, 0.1) is 6.92 Å². The molecule has 0 unspecified atom stereocenters. The van der Waals surface area contributed by atoms with Crippen molar-refractivity contribution in [2.75, 3.05) is 7.11 Å². The van der Waals surface area contributed by atoms with E-state index in [0.29, 0.717) is 6.54 Å². The third-order valence-electron chi connectivity index (χ3n) is 3.02. The zero-order valence-electron chi connectivity index (χ0n) is 11.8. The van der Waals surface area contributed by atoms with E-state index in [1.165, 1.54) is 24.5 Å². The number of aryl methyl sites for hydroxylation is 1. The summed E-state index contributed by atoms with van der Waals surface area (Å²) in [4.78, 5) is 5.08. The maximum Gasteiger partial charge on any atom is 0.244 e. The number of benzene rings is 1. The van der Waals surface area contributed by atoms with Gasteiger partial charge < -0.3 is 10.5 Å². The number of nitrogens with one attached hydrogen (secondary N) is 1. The molecule has 8 heteroatoms. The smallest absolute Gasteiger partial charge is 0.244 e. The van der Waals surface area contributed by atoms with Crippen LogP contribution in [0.15, 0.2) is 28.6 Å². The van der Waals surface area contributed by atoms with Gasteiger partial charge in [-0.2, -0.15) is 0 Å². The molecule has 1 aromatic heterocycles. The lowest BCUT2D eigenvalue weighted by molar-refractivity contribution is 0.401. The molecule has 0 spiro atoms. The van der Waals surface area contributed by atoms with E-state index in [-0.39, 0.29) is 17.2 Å². The van der Waals surface area contributed by atoms with E-state index in [4.69, 9.17) is 10.5 Å². The van der Waals surface area contributed by atoms with E-state index in [0.717, 1.165) is 16.1 Å². The summed E-state index contributed by atoms with van der Waals surface area (Å²) in [7, 11) is -2.23. The highest BCUT2D eigenvalue weighted by Crippen LogP contribution is 2.25. The fraction of sp³-hybridized carbons (Fsp3) is 0.308. The van der Waals surface area contributed by atoms with Crippen LogP contribution in [0.4, 0.5) is 0 Å². The highest BCUT2D eigenvalue weighted by Gasteiger charge is 2.20. The van der Waals surface area contributed by atoms with Gasteiger partial charge in [-0.1, -0.05) is 6.07 Å². The second-order valence-electron chi connectivity index (χ2n) is 4.37. The van der Waals surface area contributed by atoms with Crippen molar-refractivity contribution in [1.29, 1.82) is 0 Å². The molecule has 0 fully saturated rings. The molecule has 0 atom stereocenters. The predicted octanol–water partition coefficient (Wildman–Crippen LogP) is 1.40. The summed E-state index contributed by atoms with van der Waals surface area (Å²) >= 11 is 1.42. The first kappa shape index (κ1) is 15.9. The highest BCUT2D eigenvalue weighted by molar-refractivity contribution is 7.89. The van der Waals surface area contributed by atoms with Gasteiger partial charge in [-0.3, -0.25) is 0 Å². The third kappa shape index (κ3) is 3.59. The molecule has 0 saturated heterocycles. The van der Waals surface area contributed by atoms with Gasteiger partial charge in [0.05, 0.1) is 18.3 Å². The van der Waals surface area contributed by atoms with Crippen molar-refractivity contribution in [3.63, 3.8) is 0 Å². The van der Waals surface area contributed by atoms with Gasteiger partial charge in [0.15, 0.2) is 0 Å². The van der Waals surface area contributed by atoms with Gasteiger partial charge in [-0.05, 0) is 24.6 Å². The molecule has 0 radical (unpaired) electrons. The van der Waals surface area contributed by atoms with Crippen molar-refractivity contribution >= 4 is 21.4 Å². The minimum absolute atomic E-state index is 0.101. The molecule has 1 aromatic carbocycles. The van der Waals surface area contributed by atoms with Crippen LogP contribution in [0.3, 0.4) is 0 Å². The number of hydrogen-bond donors (Lipinski definition) is 2. The van der Waals surface area contributed by atoms with Gasteiger partial charge in [-0.15, -0.1) is 11.3 Å². The van der Waals surface area contributed by atoms with Crippen LogP contribution in [-0.4, -0.2) is 20.5 Å². The summed E-state index contributed by atoms with van der Waals surface area (Å²) < 4.78 is 32.5. The molecule has 0 bridgehead atoms. The average molecular weight is 327 g/mol. The van der Waals surface area contributed by atoms with Crippen LogP contribution >= 0.6 is 11.3 Å². The van der Waals surface area contributed by atoms with Crippen molar-refractivity contribution in [3.8, 4) is 5.75 Å². The average Bonchev–Trinajstić information content (AvgIpc) is 2.89. The fourth-order valence-corrected chi connectivity index (χ4v) is 3.75. The van der Waals surface area contributed by atoms with Crippen molar-refractivity contribution in [3.05, 3.63) is 39.8 Å². The first-order valence-corrected chi connectivity index (χ1v) is 8.60. The number of methoxy groups -OCH3 is 1. The number of thiazole rings is 1. The Morgan fingerprint density at radius 3 is 2.76 bits per heavy atom. The monoisotopic (exact) mass is 327 g/mol. The van der Waals surface area contributed by atoms with Crippen molar-refractivity contribution in [2.45, 2.75) is 24.9 Å². The molecule has 1 heterocycles. The molecule has 0 saturated carbocycles. The molecule has 2 aromatic rings. The number of nitrogens with zero attached hydrogens (tertiary/aromatic N) is 1. The fourth-order valence-electron chi connectivity index (χ4n) is 1.80. The Hall–Kier alpha value is -1.48. The van der Waals surface area contributed by atoms with Crippen LogP contribution in [0.5, 0.6) is 5.75 Å². The van der Waals surface area contributed by atoms with E-state index in [2.05, 4.69) is 9.71 Å². The van der Waals surface area contributed by atoms with Crippen LogP contribution in [0.1, 0.15) is 16.1 Å². The van der Waals surface area contributed by atoms with Crippen LogP contribution in [0.25, 0.3) is 0 Å². The summed E-state index contributed by atoms with van der Waals surface area (Å²) in [6.07, 6.45) is 0. The van der Waals surface area contributed by atoms with Gasteiger partial charge in [-0.25, -0.2) is 18.1 Å². The number of hydrogen-bond acceptors (Lipinski definition) is 6. The standard InChI is InChI=1S/C13H17N3O3S2/c1-9-12(20-8-15-9)7-16-21(17,18)13-4-3-10(6-14)5-11(13)19-2/h3-5,8,16H,6-7,14H2,1-2H3. The van der Waals surface area contributed by atoms with Gasteiger partial charge in [0.2, 0.25) is 10.0 Å². The number of aromatic nitrogens is 1. The molecule has 6 nitrogen and oxygen atoms in total. The van der Waals surface area contributed by atoms with Gasteiger partial charge in [0, 0.05) is 18.0 Å². The summed E-state index contributed by atoms with van der Waals surface area (Å²) in [6, 6.07) is 4.81. The van der Waals surface area contributed by atoms with Gasteiger partial charge in [0.25, 0.3) is 0 Å². The zero-order valence-corrected chi connectivity index (χ0v) is 13.4. The number of nitrogens with two attached hydrogens (primary N) is 1. The molecule has 0 aliphatic rings. The van der Waals surface area contributed by atoms with Crippen molar-refractivity contribution in [2.24, 2.45) is 5.73 Å². The van der Waals surface area contributed by atoms with Crippen molar-refractivity contribution < 1.29 is 13.2 Å². The number of rotatable bonds is 6. The third-order valence-corrected chi connectivity index (χ3v) is 5.40. The normalized spacial score (nSPS) is 11.6. The highest BCUT2D eigenvalue weighted by atomic mass is 32.2. The Labute approximate surface area is 128 Å². The first-order valence-electron chi connectivity index (χ1n) is 6.23. The van der Waals surface area contributed by atoms with E-state index in [9.17, 15) is 8.42 Å². The Balaban J connectivity index is 2.25. The molecular formula is C13H17N3O3S2. The zero-order chi connectivity index (χ0) is 15.5. The minimum Gasteiger partial charge on any atom is -0.495 e. The quantitative estimate of drug-likeness (QED) is 0.836. The second kappa shape index (κ2) is 6.52. The molecule has 0 amide bonds. The van der Waals surface area contributed by atoms with Crippen LogP contribution < -0.4 is 15.2 Å². The maximum absolute atomic E-state index is 12.4. The van der Waals surface area contributed by atoms with E-state index < -0.39 is 10.0 Å². The largest absolute Gasteiger partial charge is 0.495 e. The molecular weight excluding hydrogens is 310 g/mol. The molecule has 21 heavy (non-hydrogen) atoms. The molecule has 2 rings (SSSR count). The summed E-state index contributed by atoms with van der Waals surface area (Å²) in [6.45, 7) is 2.38. The number of sulfonamides is 1. The lowest BCUT2D eigenvalue weighted by atomic mass is 10.2. The molecule has 114 valence electrons. The van der Waals surface area contributed by atoms with Crippen LogP contribution in [-0.2, 0) is 23.1 Å². The SMILES string of the molecule is COc1cc(CN)ccc1S(=O)(=O)NCc1scnc1C. The van der Waals surface area contributed by atoms with Crippen molar-refractivity contribution in [1.82, 2.24) is 9.71 Å². The topological polar surface area (TPSA) is 94.3 Å². The van der Waals surface area contributed by atoms with E-state index >= 15 is 0 Å². The van der Waals surface area contributed by atoms with E-state index in [1.807, 2.05) is 6.92 Å². The van der Waals surface area contributed by atoms with Gasteiger partial charge >= 0.3 is 0 Å². The lowest BCUT2D eigenvalue weighted by Crippen LogP contribution is -2.23.